The lowest BCUT2D eigenvalue weighted by Gasteiger charge is -2.14. The molecule has 0 spiro atoms. The zero-order valence-electron chi connectivity index (χ0n) is 18.0. The summed E-state index contributed by atoms with van der Waals surface area (Å²) in [5.41, 5.74) is 2.12. The van der Waals surface area contributed by atoms with Gasteiger partial charge in [-0.2, -0.15) is 0 Å². The van der Waals surface area contributed by atoms with E-state index in [-0.39, 0.29) is 11.0 Å². The van der Waals surface area contributed by atoms with E-state index in [0.29, 0.717) is 24.5 Å². The molecule has 0 fully saturated rings. The van der Waals surface area contributed by atoms with E-state index in [1.165, 1.54) is 12.8 Å². The van der Waals surface area contributed by atoms with Crippen LogP contribution in [0.15, 0.2) is 59.1 Å². The van der Waals surface area contributed by atoms with Crippen molar-refractivity contribution in [2.75, 3.05) is 18.5 Å². The van der Waals surface area contributed by atoms with Gasteiger partial charge in [-0.3, -0.25) is 10.1 Å². The normalized spacial score (nSPS) is 10.3. The number of halogens is 1. The molecule has 2 aromatic carbocycles. The number of benzene rings is 2. The third-order valence-electron chi connectivity index (χ3n) is 4.27. The molecular formula is C24H29BrN2O3S. The molecule has 0 radical (unpaired) electrons. The molecule has 7 heteroatoms. The molecule has 0 saturated heterocycles. The Kier molecular flexibility index (Phi) is 10.5. The molecule has 0 atom stereocenters. The molecule has 2 rings (SSSR count). The van der Waals surface area contributed by atoms with E-state index in [9.17, 15) is 4.79 Å². The zero-order chi connectivity index (χ0) is 22.6. The number of hydrogen-bond donors (Lipinski definition) is 2. The molecular weight excluding hydrogens is 476 g/mol. The zero-order valence-corrected chi connectivity index (χ0v) is 20.4. The Balaban J connectivity index is 1.93. The van der Waals surface area contributed by atoms with Gasteiger partial charge >= 0.3 is 0 Å². The van der Waals surface area contributed by atoms with E-state index in [1.54, 1.807) is 12.1 Å². The maximum atomic E-state index is 12.8. The first kappa shape index (κ1) is 24.9. The number of thiocarbonyl (C=S) groups is 1. The number of rotatable bonds is 11. The highest BCUT2D eigenvalue weighted by atomic mass is 79.9. The number of nitrogens with one attached hydrogen (secondary N) is 2. The van der Waals surface area contributed by atoms with Gasteiger partial charge in [0.05, 0.1) is 12.2 Å². The number of anilines is 1. The van der Waals surface area contributed by atoms with Crippen molar-refractivity contribution in [1.82, 2.24) is 5.32 Å². The van der Waals surface area contributed by atoms with E-state index in [4.69, 9.17) is 21.7 Å². The van der Waals surface area contributed by atoms with Gasteiger partial charge < -0.3 is 14.8 Å². The second kappa shape index (κ2) is 13.1. The van der Waals surface area contributed by atoms with Crippen LogP contribution >= 0.6 is 28.1 Å². The summed E-state index contributed by atoms with van der Waals surface area (Å²) in [7, 11) is 0. The molecule has 0 aliphatic rings. The summed E-state index contributed by atoms with van der Waals surface area (Å²) in [6, 6.07) is 12.7. The minimum atomic E-state index is -0.330. The minimum absolute atomic E-state index is 0.203. The quantitative estimate of drug-likeness (QED) is 0.208. The summed E-state index contributed by atoms with van der Waals surface area (Å²) >= 11 is 8.72. The van der Waals surface area contributed by atoms with Gasteiger partial charge in [0, 0.05) is 10.2 Å². The smallest absolute Gasteiger partial charge is 0.261 e. The van der Waals surface area contributed by atoms with Gasteiger partial charge in [-0.05, 0) is 73.6 Å². The highest BCUT2D eigenvalue weighted by molar-refractivity contribution is 9.10. The van der Waals surface area contributed by atoms with E-state index in [0.717, 1.165) is 34.3 Å². The third kappa shape index (κ3) is 9.11. The molecule has 0 aliphatic carbocycles. The first-order valence-corrected chi connectivity index (χ1v) is 11.5. The molecule has 2 aromatic rings. The van der Waals surface area contributed by atoms with Crippen molar-refractivity contribution in [3.8, 4) is 11.5 Å². The predicted octanol–water partition coefficient (Wildman–Crippen LogP) is 6.49. The molecule has 0 saturated carbocycles. The van der Waals surface area contributed by atoms with Crippen LogP contribution in [0.3, 0.4) is 0 Å². The van der Waals surface area contributed by atoms with Crippen molar-refractivity contribution in [3.05, 3.63) is 64.7 Å². The predicted molar refractivity (Wildman–Crippen MR) is 134 cm³/mol. The van der Waals surface area contributed by atoms with E-state index in [1.807, 2.05) is 37.3 Å². The fraction of sp³-hybridized carbons (Fsp3) is 0.333. The van der Waals surface area contributed by atoms with Crippen molar-refractivity contribution in [1.29, 1.82) is 0 Å². The standard InChI is InChI=1S/C24H29BrN2O3S/c1-4-5-6-7-14-29-22-13-8-18(25)15-21(22)23(28)27-24(31)26-19-9-11-20(12-10-19)30-16-17(2)3/h8-13,15H,2,4-7,14,16H2,1,3H3,(H2,26,27,28,31). The fourth-order valence-electron chi connectivity index (χ4n) is 2.69. The van der Waals surface area contributed by atoms with Crippen molar-refractivity contribution in [2.45, 2.75) is 39.5 Å². The van der Waals surface area contributed by atoms with E-state index in [2.05, 4.69) is 40.1 Å². The molecule has 0 unspecified atom stereocenters. The van der Waals surface area contributed by atoms with Crippen LogP contribution in [0.1, 0.15) is 49.9 Å². The number of carbonyl (C=O) groups excluding carboxylic acids is 1. The Labute approximate surface area is 198 Å². The van der Waals surface area contributed by atoms with Crippen molar-refractivity contribution in [2.24, 2.45) is 0 Å². The fourth-order valence-corrected chi connectivity index (χ4v) is 3.26. The summed E-state index contributed by atoms with van der Waals surface area (Å²) in [4.78, 5) is 12.8. The van der Waals surface area contributed by atoms with Crippen LogP contribution in [0.25, 0.3) is 0 Å². The maximum Gasteiger partial charge on any atom is 0.261 e. The van der Waals surface area contributed by atoms with Gasteiger partial charge in [0.25, 0.3) is 5.91 Å². The average Bonchev–Trinajstić information content (AvgIpc) is 2.73. The second-order valence-corrected chi connectivity index (χ2v) is 8.55. The lowest BCUT2D eigenvalue weighted by Crippen LogP contribution is -2.34. The Morgan fingerprint density at radius 3 is 2.52 bits per heavy atom. The van der Waals surface area contributed by atoms with Crippen LogP contribution in [-0.2, 0) is 0 Å². The van der Waals surface area contributed by atoms with Crippen LogP contribution in [0, 0.1) is 0 Å². The lowest BCUT2D eigenvalue weighted by molar-refractivity contribution is 0.0973. The summed E-state index contributed by atoms with van der Waals surface area (Å²) in [5, 5.41) is 5.93. The summed E-state index contributed by atoms with van der Waals surface area (Å²) in [6.07, 6.45) is 4.41. The van der Waals surface area contributed by atoms with Gasteiger partial charge in [0.1, 0.15) is 18.1 Å². The Morgan fingerprint density at radius 1 is 1.10 bits per heavy atom. The van der Waals surface area contributed by atoms with Gasteiger partial charge in [0.2, 0.25) is 0 Å². The van der Waals surface area contributed by atoms with Crippen molar-refractivity contribution < 1.29 is 14.3 Å². The second-order valence-electron chi connectivity index (χ2n) is 7.23. The van der Waals surface area contributed by atoms with Crippen LogP contribution in [-0.4, -0.2) is 24.2 Å². The molecule has 0 aromatic heterocycles. The summed E-state index contributed by atoms with van der Waals surface area (Å²) < 4.78 is 12.2. The largest absolute Gasteiger partial charge is 0.493 e. The number of carbonyl (C=O) groups is 1. The molecule has 0 heterocycles. The van der Waals surface area contributed by atoms with Crippen LogP contribution < -0.4 is 20.1 Å². The highest BCUT2D eigenvalue weighted by Crippen LogP contribution is 2.24. The molecule has 31 heavy (non-hydrogen) atoms. The molecule has 2 N–H and O–H groups in total. The van der Waals surface area contributed by atoms with E-state index < -0.39 is 0 Å². The van der Waals surface area contributed by atoms with Gasteiger partial charge in [-0.1, -0.05) is 48.7 Å². The third-order valence-corrected chi connectivity index (χ3v) is 4.96. The van der Waals surface area contributed by atoms with Crippen LogP contribution in [0.2, 0.25) is 0 Å². The molecule has 1 amide bonds. The minimum Gasteiger partial charge on any atom is -0.493 e. The summed E-state index contributed by atoms with van der Waals surface area (Å²) in [6.45, 7) is 8.93. The Morgan fingerprint density at radius 2 is 1.84 bits per heavy atom. The molecule has 166 valence electrons. The number of amides is 1. The van der Waals surface area contributed by atoms with Crippen LogP contribution in [0.4, 0.5) is 5.69 Å². The number of unbranched alkanes of at least 4 members (excludes halogenated alkanes) is 3. The van der Waals surface area contributed by atoms with Crippen molar-refractivity contribution >= 4 is 44.9 Å². The monoisotopic (exact) mass is 504 g/mol. The molecule has 0 aliphatic heterocycles. The van der Waals surface area contributed by atoms with Gasteiger partial charge in [0.15, 0.2) is 5.11 Å². The first-order chi connectivity index (χ1) is 14.9. The molecule has 5 nitrogen and oxygen atoms in total. The first-order valence-electron chi connectivity index (χ1n) is 10.3. The molecule has 0 bridgehead atoms. The highest BCUT2D eigenvalue weighted by Gasteiger charge is 2.15. The topological polar surface area (TPSA) is 59.6 Å². The average molecular weight is 505 g/mol. The Hall–Kier alpha value is -2.38. The Bertz CT molecular complexity index is 900. The van der Waals surface area contributed by atoms with Gasteiger partial charge in [-0.25, -0.2) is 0 Å². The number of hydrogen-bond acceptors (Lipinski definition) is 4. The van der Waals surface area contributed by atoms with Crippen molar-refractivity contribution in [3.63, 3.8) is 0 Å². The maximum absolute atomic E-state index is 12.8. The van der Waals surface area contributed by atoms with Gasteiger partial charge in [-0.15, -0.1) is 0 Å². The number of ether oxygens (including phenoxy) is 2. The SMILES string of the molecule is C=C(C)COc1ccc(NC(=S)NC(=O)c2cc(Br)ccc2OCCCCCC)cc1. The van der Waals surface area contributed by atoms with E-state index >= 15 is 0 Å². The lowest BCUT2D eigenvalue weighted by atomic mass is 10.2. The van der Waals surface area contributed by atoms with Crippen LogP contribution in [0.5, 0.6) is 11.5 Å². The summed E-state index contributed by atoms with van der Waals surface area (Å²) in [5.74, 6) is 0.946.